The van der Waals surface area contributed by atoms with E-state index in [1.807, 2.05) is 43.3 Å². The maximum absolute atomic E-state index is 12.1. The van der Waals surface area contributed by atoms with E-state index in [1.54, 1.807) is 19.3 Å². The molecule has 4 nitrogen and oxygen atoms in total. The average Bonchev–Trinajstić information content (AvgIpc) is 2.58. The van der Waals surface area contributed by atoms with E-state index in [2.05, 4.69) is 5.32 Å². The Bertz CT molecular complexity index is 778. The molecule has 4 heteroatoms. The summed E-state index contributed by atoms with van der Waals surface area (Å²) in [6, 6.07) is 13.2. The summed E-state index contributed by atoms with van der Waals surface area (Å²) in [6.07, 6.45) is 2.87. The van der Waals surface area contributed by atoms with Crippen LogP contribution in [0.25, 0.3) is 0 Å². The summed E-state index contributed by atoms with van der Waals surface area (Å²) in [7, 11) is 1.64. The highest BCUT2D eigenvalue weighted by Crippen LogP contribution is 2.34. The summed E-state index contributed by atoms with van der Waals surface area (Å²) in [5, 5.41) is 13.2. The molecular formula is C20H21NO3. The smallest absolute Gasteiger partial charge is 0.158 e. The minimum absolute atomic E-state index is 0.0942. The average molecular weight is 323 g/mol. The molecule has 24 heavy (non-hydrogen) atoms. The van der Waals surface area contributed by atoms with Crippen molar-refractivity contribution in [2.24, 2.45) is 0 Å². The number of carbonyl (C=O) groups excluding carboxylic acids is 1. The normalized spacial score (nSPS) is 17.3. The summed E-state index contributed by atoms with van der Waals surface area (Å²) >= 11 is 0. The van der Waals surface area contributed by atoms with Gasteiger partial charge in [0.2, 0.25) is 0 Å². The molecule has 0 radical (unpaired) electrons. The summed E-state index contributed by atoms with van der Waals surface area (Å²) in [5.41, 5.74) is 3.62. The number of aromatic hydroxyl groups is 1. The molecular weight excluding hydrogens is 302 g/mol. The summed E-state index contributed by atoms with van der Waals surface area (Å²) in [5.74, 6) is 1.21. The molecule has 0 aromatic heterocycles. The summed E-state index contributed by atoms with van der Waals surface area (Å²) < 4.78 is 5.18. The second-order valence-corrected chi connectivity index (χ2v) is 6.16. The van der Waals surface area contributed by atoms with Gasteiger partial charge in [-0.3, -0.25) is 4.79 Å². The molecule has 0 aliphatic heterocycles. The van der Waals surface area contributed by atoms with Crippen molar-refractivity contribution in [1.82, 2.24) is 0 Å². The number of methoxy groups -OCH3 is 1. The van der Waals surface area contributed by atoms with Crippen LogP contribution in [0.15, 0.2) is 54.2 Å². The topological polar surface area (TPSA) is 58.6 Å². The number of phenolic OH excluding ortho intramolecular Hbond substituents is 1. The maximum atomic E-state index is 12.1. The molecule has 1 atom stereocenters. The molecule has 0 fully saturated rings. The molecule has 124 valence electrons. The third kappa shape index (κ3) is 3.59. The summed E-state index contributed by atoms with van der Waals surface area (Å²) in [4.78, 5) is 12.1. The van der Waals surface area contributed by atoms with Gasteiger partial charge in [0, 0.05) is 18.2 Å². The zero-order valence-corrected chi connectivity index (χ0v) is 13.9. The van der Waals surface area contributed by atoms with Gasteiger partial charge >= 0.3 is 0 Å². The lowest BCUT2D eigenvalue weighted by molar-refractivity contribution is -0.115. The van der Waals surface area contributed by atoms with Crippen LogP contribution in [0.3, 0.4) is 0 Å². The molecule has 3 rings (SSSR count). The number of nitrogens with one attached hydrogen (secondary N) is 1. The van der Waals surface area contributed by atoms with Gasteiger partial charge in [0.25, 0.3) is 0 Å². The lowest BCUT2D eigenvalue weighted by atomic mass is 9.85. The Morgan fingerprint density at radius 1 is 1.12 bits per heavy atom. The molecule has 0 heterocycles. The Hall–Kier alpha value is -2.75. The molecule has 0 spiro atoms. The van der Waals surface area contributed by atoms with Crippen LogP contribution in [0.5, 0.6) is 11.5 Å². The van der Waals surface area contributed by atoms with Crippen molar-refractivity contribution < 1.29 is 14.6 Å². The van der Waals surface area contributed by atoms with E-state index < -0.39 is 0 Å². The van der Waals surface area contributed by atoms with Crippen LogP contribution >= 0.6 is 0 Å². The molecule has 2 aromatic carbocycles. The Morgan fingerprint density at radius 3 is 2.58 bits per heavy atom. The van der Waals surface area contributed by atoms with Crippen molar-refractivity contribution in [2.45, 2.75) is 25.7 Å². The van der Waals surface area contributed by atoms with E-state index >= 15 is 0 Å². The first-order valence-corrected chi connectivity index (χ1v) is 7.99. The number of hydrogen-bond donors (Lipinski definition) is 2. The van der Waals surface area contributed by atoms with Gasteiger partial charge in [-0.2, -0.15) is 0 Å². The third-order valence-electron chi connectivity index (χ3n) is 4.28. The molecule has 0 saturated carbocycles. The molecule has 0 unspecified atom stereocenters. The number of rotatable bonds is 4. The summed E-state index contributed by atoms with van der Waals surface area (Å²) in [6.45, 7) is 1.96. The minimum atomic E-state index is 0.0942. The van der Waals surface area contributed by atoms with Crippen LogP contribution in [-0.2, 0) is 4.79 Å². The predicted molar refractivity (Wildman–Crippen MR) is 94.5 cm³/mol. The highest BCUT2D eigenvalue weighted by molar-refractivity contribution is 5.92. The van der Waals surface area contributed by atoms with E-state index in [-0.39, 0.29) is 17.5 Å². The largest absolute Gasteiger partial charge is 0.506 e. The monoisotopic (exact) mass is 323 g/mol. The Balaban J connectivity index is 1.79. The number of hydrogen-bond acceptors (Lipinski definition) is 4. The van der Waals surface area contributed by atoms with Crippen molar-refractivity contribution >= 4 is 11.5 Å². The first kappa shape index (κ1) is 16.1. The van der Waals surface area contributed by atoms with E-state index in [4.69, 9.17) is 4.74 Å². The van der Waals surface area contributed by atoms with Crippen LogP contribution in [0.2, 0.25) is 0 Å². The number of phenols is 1. The first-order chi connectivity index (χ1) is 11.5. The van der Waals surface area contributed by atoms with E-state index in [1.165, 1.54) is 0 Å². The van der Waals surface area contributed by atoms with Crippen molar-refractivity contribution in [1.29, 1.82) is 0 Å². The molecule has 2 aromatic rings. The van der Waals surface area contributed by atoms with Crippen molar-refractivity contribution in [3.05, 3.63) is 65.4 Å². The lowest BCUT2D eigenvalue weighted by Gasteiger charge is -2.24. The number of benzene rings is 2. The molecule has 0 bridgehead atoms. The van der Waals surface area contributed by atoms with E-state index in [0.717, 1.165) is 29.0 Å². The highest BCUT2D eigenvalue weighted by atomic mass is 16.5. The molecule has 1 aliphatic rings. The van der Waals surface area contributed by atoms with Crippen LogP contribution < -0.4 is 10.1 Å². The first-order valence-electron chi connectivity index (χ1n) is 7.99. The standard InChI is InChI=1S/C20H21NO3/c1-13-3-8-20(23)19(9-13)21-16-10-15(11-17(22)12-16)14-4-6-18(24-2)7-5-14/h3-9,12,15,21,23H,10-11H2,1-2H3/t15-/m0/s1. The Morgan fingerprint density at radius 2 is 1.88 bits per heavy atom. The fourth-order valence-corrected chi connectivity index (χ4v) is 3.01. The number of aryl methyl sites for hydroxylation is 1. The SMILES string of the molecule is COc1ccc([C@@H]2CC(=O)C=C(Nc3cc(C)ccc3O)C2)cc1. The van der Waals surface area contributed by atoms with Gasteiger partial charge in [-0.1, -0.05) is 18.2 Å². The lowest BCUT2D eigenvalue weighted by Crippen LogP contribution is -2.16. The Kier molecular flexibility index (Phi) is 4.56. The van der Waals surface area contributed by atoms with Gasteiger partial charge in [-0.25, -0.2) is 0 Å². The maximum Gasteiger partial charge on any atom is 0.158 e. The molecule has 2 N–H and O–H groups in total. The van der Waals surface area contributed by atoms with Crippen LogP contribution in [0.1, 0.15) is 29.9 Å². The number of carbonyl (C=O) groups is 1. The van der Waals surface area contributed by atoms with E-state index in [0.29, 0.717) is 12.1 Å². The van der Waals surface area contributed by atoms with Crippen LogP contribution in [0.4, 0.5) is 5.69 Å². The van der Waals surface area contributed by atoms with Gasteiger partial charge in [0.05, 0.1) is 12.8 Å². The number of ketones is 1. The van der Waals surface area contributed by atoms with Crippen LogP contribution in [0, 0.1) is 6.92 Å². The fourth-order valence-electron chi connectivity index (χ4n) is 3.01. The van der Waals surface area contributed by atoms with Crippen molar-refractivity contribution in [3.63, 3.8) is 0 Å². The number of allylic oxidation sites excluding steroid dienone is 2. The third-order valence-corrected chi connectivity index (χ3v) is 4.28. The zero-order chi connectivity index (χ0) is 17.1. The highest BCUT2D eigenvalue weighted by Gasteiger charge is 2.22. The van der Waals surface area contributed by atoms with Crippen LogP contribution in [-0.4, -0.2) is 18.0 Å². The predicted octanol–water partition coefficient (Wildman–Crippen LogP) is 4.15. The van der Waals surface area contributed by atoms with Gasteiger partial charge in [-0.15, -0.1) is 0 Å². The van der Waals surface area contributed by atoms with Gasteiger partial charge in [0.15, 0.2) is 5.78 Å². The minimum Gasteiger partial charge on any atom is -0.506 e. The van der Waals surface area contributed by atoms with E-state index in [9.17, 15) is 9.90 Å². The second-order valence-electron chi connectivity index (χ2n) is 6.16. The van der Waals surface area contributed by atoms with Crippen molar-refractivity contribution in [2.75, 3.05) is 12.4 Å². The van der Waals surface area contributed by atoms with Gasteiger partial charge < -0.3 is 15.2 Å². The quantitative estimate of drug-likeness (QED) is 0.830. The molecule has 1 aliphatic carbocycles. The Labute approximate surface area is 141 Å². The second kappa shape index (κ2) is 6.79. The van der Waals surface area contributed by atoms with Crippen molar-refractivity contribution in [3.8, 4) is 11.5 Å². The fraction of sp³-hybridized carbons (Fsp3) is 0.250. The van der Waals surface area contributed by atoms with Gasteiger partial charge in [0.1, 0.15) is 11.5 Å². The molecule has 0 amide bonds. The number of anilines is 1. The zero-order valence-electron chi connectivity index (χ0n) is 13.9. The van der Waals surface area contributed by atoms with Gasteiger partial charge in [-0.05, 0) is 54.7 Å². The molecule has 0 saturated heterocycles. The number of ether oxygens (including phenoxy) is 1.